The molecule has 1 saturated heterocycles. The summed E-state index contributed by atoms with van der Waals surface area (Å²) < 4.78 is 0.741. The molecule has 1 aliphatic rings. The van der Waals surface area contributed by atoms with Crippen LogP contribution in [0.2, 0.25) is 0 Å². The van der Waals surface area contributed by atoms with Gasteiger partial charge in [0, 0.05) is 34.1 Å². The monoisotopic (exact) mass is 330 g/mol. The first-order valence-corrected chi connectivity index (χ1v) is 7.55. The molecular weight excluding hydrogens is 316 g/mol. The maximum absolute atomic E-state index is 11.1. The highest BCUT2D eigenvalue weighted by Gasteiger charge is 2.27. The minimum Gasteiger partial charge on any atom is -0.364 e. The van der Waals surface area contributed by atoms with E-state index in [1.165, 1.54) is 0 Å². The van der Waals surface area contributed by atoms with Crippen molar-refractivity contribution < 1.29 is 4.92 Å². The zero-order valence-electron chi connectivity index (χ0n) is 10.3. The molecule has 18 heavy (non-hydrogen) atoms. The molecule has 1 aromatic rings. The summed E-state index contributed by atoms with van der Waals surface area (Å²) in [6, 6.07) is 5.27. The van der Waals surface area contributed by atoms with Gasteiger partial charge in [-0.2, -0.15) is 11.8 Å². The highest BCUT2D eigenvalue weighted by atomic mass is 79.9. The maximum Gasteiger partial charge on any atom is 0.293 e. The summed E-state index contributed by atoms with van der Waals surface area (Å²) in [6.45, 7) is 6.05. The standard InChI is InChI=1S/C12H15BrN2O2S/c1-8-6-14(7-9(2)18-8)11-4-3-10(13)5-12(11)15(16)17/h3-5,8-9H,6-7H2,1-2H3. The molecule has 4 nitrogen and oxygen atoms in total. The van der Waals surface area contributed by atoms with Gasteiger partial charge in [-0.15, -0.1) is 0 Å². The molecule has 0 saturated carbocycles. The highest BCUT2D eigenvalue weighted by Crippen LogP contribution is 2.35. The van der Waals surface area contributed by atoms with Gasteiger partial charge in [-0.1, -0.05) is 29.8 Å². The average molecular weight is 331 g/mol. The minimum absolute atomic E-state index is 0.177. The first-order chi connectivity index (χ1) is 8.47. The number of nitrogens with zero attached hydrogens (tertiary/aromatic N) is 2. The molecule has 1 heterocycles. The molecule has 0 N–H and O–H groups in total. The third-order valence-corrected chi connectivity index (χ3v) is 4.62. The molecule has 1 aromatic carbocycles. The molecule has 0 aromatic heterocycles. The Morgan fingerprint density at radius 3 is 2.56 bits per heavy atom. The number of hydrogen-bond acceptors (Lipinski definition) is 4. The smallest absolute Gasteiger partial charge is 0.293 e. The van der Waals surface area contributed by atoms with Crippen LogP contribution < -0.4 is 4.90 Å². The fourth-order valence-electron chi connectivity index (χ4n) is 2.28. The van der Waals surface area contributed by atoms with Gasteiger partial charge < -0.3 is 4.90 Å². The lowest BCUT2D eigenvalue weighted by atomic mass is 10.2. The quantitative estimate of drug-likeness (QED) is 0.612. The summed E-state index contributed by atoms with van der Waals surface area (Å²) in [7, 11) is 0. The van der Waals surface area contributed by atoms with Crippen molar-refractivity contribution in [3.8, 4) is 0 Å². The molecule has 0 amide bonds. The largest absolute Gasteiger partial charge is 0.364 e. The number of rotatable bonds is 2. The maximum atomic E-state index is 11.1. The zero-order valence-corrected chi connectivity index (χ0v) is 12.7. The number of anilines is 1. The van der Waals surface area contributed by atoms with Crippen molar-refractivity contribution in [2.75, 3.05) is 18.0 Å². The van der Waals surface area contributed by atoms with Crippen molar-refractivity contribution in [2.45, 2.75) is 24.3 Å². The molecule has 1 fully saturated rings. The normalized spacial score (nSPS) is 24.1. The van der Waals surface area contributed by atoms with Crippen LogP contribution in [0.15, 0.2) is 22.7 Å². The molecule has 2 unspecified atom stereocenters. The Morgan fingerprint density at radius 1 is 1.39 bits per heavy atom. The van der Waals surface area contributed by atoms with Crippen molar-refractivity contribution in [1.82, 2.24) is 0 Å². The number of benzene rings is 1. The second-order valence-corrected chi connectivity index (χ2v) is 7.35. The molecule has 0 radical (unpaired) electrons. The number of thioether (sulfide) groups is 1. The first-order valence-electron chi connectivity index (χ1n) is 5.81. The van der Waals surface area contributed by atoms with E-state index in [-0.39, 0.29) is 10.6 Å². The van der Waals surface area contributed by atoms with E-state index in [2.05, 4.69) is 34.7 Å². The predicted octanol–water partition coefficient (Wildman–Crippen LogP) is 3.69. The summed E-state index contributed by atoms with van der Waals surface area (Å²) in [5.41, 5.74) is 0.901. The van der Waals surface area contributed by atoms with Gasteiger partial charge in [0.1, 0.15) is 5.69 Å². The van der Waals surface area contributed by atoms with E-state index < -0.39 is 0 Å². The van der Waals surface area contributed by atoms with Crippen LogP contribution in [0, 0.1) is 10.1 Å². The lowest BCUT2D eigenvalue weighted by Crippen LogP contribution is -2.40. The molecular formula is C12H15BrN2O2S. The van der Waals surface area contributed by atoms with Gasteiger partial charge in [0.2, 0.25) is 0 Å². The molecule has 6 heteroatoms. The lowest BCUT2D eigenvalue weighted by Gasteiger charge is -2.35. The number of nitro groups is 1. The Bertz CT molecular complexity index is 459. The molecule has 2 atom stereocenters. The third kappa shape index (κ3) is 2.98. The van der Waals surface area contributed by atoms with Crippen molar-refractivity contribution in [3.05, 3.63) is 32.8 Å². The first kappa shape index (κ1) is 13.7. The molecule has 0 aliphatic carbocycles. The lowest BCUT2D eigenvalue weighted by molar-refractivity contribution is -0.384. The van der Waals surface area contributed by atoms with Gasteiger partial charge in [-0.05, 0) is 12.1 Å². The van der Waals surface area contributed by atoms with Crippen LogP contribution in [0.3, 0.4) is 0 Å². The molecule has 2 rings (SSSR count). The van der Waals surface area contributed by atoms with Crippen LogP contribution in [0.1, 0.15) is 13.8 Å². The molecule has 0 bridgehead atoms. The molecule has 1 aliphatic heterocycles. The van der Waals surface area contributed by atoms with E-state index in [1.807, 2.05) is 23.9 Å². The van der Waals surface area contributed by atoms with E-state index in [0.717, 1.165) is 23.2 Å². The molecule has 0 spiro atoms. The third-order valence-electron chi connectivity index (χ3n) is 2.89. The SMILES string of the molecule is CC1CN(c2ccc(Br)cc2[N+](=O)[O-])CC(C)S1. The fraction of sp³-hybridized carbons (Fsp3) is 0.500. The van der Waals surface area contributed by atoms with Gasteiger partial charge in [0.25, 0.3) is 5.69 Å². The Hall–Kier alpha value is -0.750. The second-order valence-electron chi connectivity index (χ2n) is 4.55. The number of nitro benzene ring substituents is 1. The van der Waals surface area contributed by atoms with Crippen molar-refractivity contribution >= 4 is 39.1 Å². The van der Waals surface area contributed by atoms with Crippen LogP contribution in [-0.4, -0.2) is 28.5 Å². The minimum atomic E-state index is -0.308. The van der Waals surface area contributed by atoms with Crippen LogP contribution >= 0.6 is 27.7 Å². The zero-order chi connectivity index (χ0) is 13.3. The van der Waals surface area contributed by atoms with Crippen molar-refractivity contribution in [2.24, 2.45) is 0 Å². The summed E-state index contributed by atoms with van der Waals surface area (Å²) in [5, 5.41) is 12.1. The van der Waals surface area contributed by atoms with Gasteiger partial charge in [0.15, 0.2) is 0 Å². The predicted molar refractivity (Wildman–Crippen MR) is 79.5 cm³/mol. The van der Waals surface area contributed by atoms with Crippen LogP contribution in [0.5, 0.6) is 0 Å². The Balaban J connectivity index is 2.35. The number of halogens is 1. The van der Waals surface area contributed by atoms with E-state index in [4.69, 9.17) is 0 Å². The van der Waals surface area contributed by atoms with Crippen LogP contribution in [-0.2, 0) is 0 Å². The average Bonchev–Trinajstić information content (AvgIpc) is 2.27. The summed E-state index contributed by atoms with van der Waals surface area (Å²) >= 11 is 5.22. The Morgan fingerprint density at radius 2 is 2.00 bits per heavy atom. The topological polar surface area (TPSA) is 46.4 Å². The van der Waals surface area contributed by atoms with Crippen LogP contribution in [0.4, 0.5) is 11.4 Å². The summed E-state index contributed by atoms with van der Waals surface area (Å²) in [5.74, 6) is 0. The van der Waals surface area contributed by atoms with Gasteiger partial charge in [-0.3, -0.25) is 10.1 Å². The van der Waals surface area contributed by atoms with Gasteiger partial charge in [-0.25, -0.2) is 0 Å². The van der Waals surface area contributed by atoms with E-state index in [9.17, 15) is 10.1 Å². The van der Waals surface area contributed by atoms with E-state index in [1.54, 1.807) is 6.07 Å². The van der Waals surface area contributed by atoms with Crippen molar-refractivity contribution in [3.63, 3.8) is 0 Å². The number of hydrogen-bond donors (Lipinski definition) is 0. The second kappa shape index (κ2) is 5.48. The Labute approximate surface area is 119 Å². The van der Waals surface area contributed by atoms with Crippen LogP contribution in [0.25, 0.3) is 0 Å². The fourth-order valence-corrected chi connectivity index (χ4v) is 3.96. The Kier molecular flexibility index (Phi) is 4.17. The van der Waals surface area contributed by atoms with Gasteiger partial charge >= 0.3 is 0 Å². The van der Waals surface area contributed by atoms with Crippen molar-refractivity contribution in [1.29, 1.82) is 0 Å². The highest BCUT2D eigenvalue weighted by molar-refractivity contribution is 9.10. The molecule has 98 valence electrons. The van der Waals surface area contributed by atoms with E-state index in [0.29, 0.717) is 10.5 Å². The summed E-state index contributed by atoms with van der Waals surface area (Å²) in [6.07, 6.45) is 0. The summed E-state index contributed by atoms with van der Waals surface area (Å²) in [4.78, 5) is 12.9. The van der Waals surface area contributed by atoms with E-state index >= 15 is 0 Å². The van der Waals surface area contributed by atoms with Gasteiger partial charge in [0.05, 0.1) is 4.92 Å².